The van der Waals surface area contributed by atoms with Crippen LogP contribution in [0.1, 0.15) is 56.9 Å². The van der Waals surface area contributed by atoms with Gasteiger partial charge in [0.15, 0.2) is 0 Å². The number of nitrogens with zero attached hydrogens (tertiary/aromatic N) is 1. The van der Waals surface area contributed by atoms with Crippen molar-refractivity contribution in [3.63, 3.8) is 0 Å². The molecule has 196 valence electrons. The monoisotopic (exact) mass is 561 g/mol. The number of aliphatic hydroxyl groups is 1. The number of fused-ring (bicyclic) bond motifs is 1. The summed E-state index contributed by atoms with van der Waals surface area (Å²) in [6.07, 6.45) is 6.44. The molecule has 3 N–H and O–H groups in total. The molecule has 1 aliphatic carbocycles. The summed E-state index contributed by atoms with van der Waals surface area (Å²) in [6.45, 7) is 0.761. The van der Waals surface area contributed by atoms with Crippen molar-refractivity contribution in [3.05, 3.63) is 35.9 Å². The number of unbranched alkanes of at least 4 members (excludes halogenated alkanes) is 1. The fourth-order valence-corrected chi connectivity index (χ4v) is 7.74. The summed E-state index contributed by atoms with van der Waals surface area (Å²) < 4.78 is 6.53. The van der Waals surface area contributed by atoms with Crippen molar-refractivity contribution in [3.8, 4) is 0 Å². The van der Waals surface area contributed by atoms with E-state index in [0.29, 0.717) is 32.4 Å². The van der Waals surface area contributed by atoms with Crippen LogP contribution in [0.4, 0.5) is 0 Å². The van der Waals surface area contributed by atoms with Crippen LogP contribution in [0.25, 0.3) is 0 Å². The Morgan fingerprint density at radius 1 is 1.11 bits per heavy atom. The number of likely N-dealkylation sites (tertiary alicyclic amines) is 1. The maximum absolute atomic E-state index is 13.9. The Morgan fingerprint density at radius 3 is 2.58 bits per heavy atom. The predicted octanol–water partition coefficient (Wildman–Crippen LogP) is 2.27. The quantitative estimate of drug-likeness (QED) is 0.316. The number of rotatable bonds is 9. The van der Waals surface area contributed by atoms with Crippen molar-refractivity contribution >= 4 is 33.7 Å². The smallest absolute Gasteiger partial charge is 0.246 e. The summed E-state index contributed by atoms with van der Waals surface area (Å²) in [5, 5.41) is 15.5. The first-order valence-corrected chi connectivity index (χ1v) is 14.2. The van der Waals surface area contributed by atoms with Crippen molar-refractivity contribution in [1.29, 1.82) is 0 Å². The minimum absolute atomic E-state index is 0.0299. The zero-order valence-electron chi connectivity index (χ0n) is 20.5. The number of hydrogen-bond acceptors (Lipinski definition) is 5. The van der Waals surface area contributed by atoms with Gasteiger partial charge in [0.1, 0.15) is 11.6 Å². The minimum Gasteiger partial charge on any atom is -0.396 e. The molecule has 8 nitrogen and oxygen atoms in total. The summed E-state index contributed by atoms with van der Waals surface area (Å²) in [4.78, 5) is 42.7. The summed E-state index contributed by atoms with van der Waals surface area (Å²) >= 11 is 3.71. The molecule has 36 heavy (non-hydrogen) atoms. The highest BCUT2D eigenvalue weighted by Crippen LogP contribution is 2.60. The predicted molar refractivity (Wildman–Crippen MR) is 137 cm³/mol. The highest BCUT2D eigenvalue weighted by atomic mass is 79.9. The van der Waals surface area contributed by atoms with Crippen LogP contribution in [-0.4, -0.2) is 69.5 Å². The molecule has 3 amide bonds. The maximum Gasteiger partial charge on any atom is 0.246 e. The SMILES string of the molecule is O=C(NC1CCCCC1)C1N(CCCCO)C(=O)[C@@H]2[C@@H](C(=O)NCc3ccccc3)[C@@H]3OC12CC3Br. The first kappa shape index (κ1) is 25.7. The van der Waals surface area contributed by atoms with Crippen LogP contribution >= 0.6 is 15.9 Å². The molecule has 0 radical (unpaired) electrons. The second kappa shape index (κ2) is 10.8. The first-order valence-electron chi connectivity index (χ1n) is 13.3. The number of halogens is 1. The highest BCUT2D eigenvalue weighted by molar-refractivity contribution is 9.09. The molecule has 6 atom stereocenters. The normalized spacial score (nSPS) is 33.6. The van der Waals surface area contributed by atoms with Gasteiger partial charge in [-0.15, -0.1) is 0 Å². The molecule has 1 saturated carbocycles. The average molecular weight is 563 g/mol. The summed E-state index contributed by atoms with van der Waals surface area (Å²) in [5.41, 5.74) is -0.0454. The van der Waals surface area contributed by atoms with Gasteiger partial charge in [0, 0.05) is 30.6 Å². The standard InChI is InChI=1S/C27H36BrN3O5/c28-19-15-27-21(20(22(19)36-27)24(33)29-16-17-9-3-1-4-10-17)26(35)31(13-7-8-14-32)23(27)25(34)30-18-11-5-2-6-12-18/h1,3-4,9-10,18-23,32H,2,5-8,11-16H2,(H,29,33)(H,30,34)/t19?,20-,21+,22-,23?,27?/m1/s1. The topological polar surface area (TPSA) is 108 Å². The van der Waals surface area contributed by atoms with E-state index in [9.17, 15) is 19.5 Å². The number of ether oxygens (including phenoxy) is 1. The molecule has 0 aromatic heterocycles. The number of alkyl halides is 1. The lowest BCUT2D eigenvalue weighted by Crippen LogP contribution is -2.57. The van der Waals surface area contributed by atoms with Gasteiger partial charge in [-0.3, -0.25) is 14.4 Å². The molecule has 1 spiro atoms. The van der Waals surface area contributed by atoms with Gasteiger partial charge < -0.3 is 25.4 Å². The van der Waals surface area contributed by atoms with E-state index in [1.807, 2.05) is 30.3 Å². The number of benzene rings is 1. The fraction of sp³-hybridized carbons (Fsp3) is 0.667. The third-order valence-electron chi connectivity index (χ3n) is 8.41. The Morgan fingerprint density at radius 2 is 1.86 bits per heavy atom. The van der Waals surface area contributed by atoms with Crippen LogP contribution in [-0.2, 0) is 25.7 Å². The molecule has 2 bridgehead atoms. The van der Waals surface area contributed by atoms with Crippen molar-refractivity contribution in [1.82, 2.24) is 15.5 Å². The molecule has 4 fully saturated rings. The average Bonchev–Trinajstić information content (AvgIpc) is 3.47. The van der Waals surface area contributed by atoms with E-state index >= 15 is 0 Å². The van der Waals surface area contributed by atoms with Gasteiger partial charge in [0.2, 0.25) is 17.7 Å². The molecule has 3 unspecified atom stereocenters. The van der Waals surface area contributed by atoms with E-state index in [1.54, 1.807) is 4.90 Å². The van der Waals surface area contributed by atoms with Crippen LogP contribution in [0.15, 0.2) is 30.3 Å². The van der Waals surface area contributed by atoms with Crippen LogP contribution in [0.2, 0.25) is 0 Å². The Balaban J connectivity index is 1.40. The van der Waals surface area contributed by atoms with Gasteiger partial charge in [-0.2, -0.15) is 0 Å². The number of aliphatic hydroxyl groups excluding tert-OH is 1. The number of nitrogens with one attached hydrogen (secondary N) is 2. The van der Waals surface area contributed by atoms with Gasteiger partial charge >= 0.3 is 0 Å². The van der Waals surface area contributed by atoms with Gasteiger partial charge in [-0.05, 0) is 37.7 Å². The Hall–Kier alpha value is -1.97. The van der Waals surface area contributed by atoms with Crippen molar-refractivity contribution < 1.29 is 24.2 Å². The number of carbonyl (C=O) groups is 3. The first-order chi connectivity index (χ1) is 17.5. The molecule has 4 aliphatic rings. The molecule has 3 saturated heterocycles. The van der Waals surface area contributed by atoms with Crippen molar-refractivity contribution in [2.75, 3.05) is 13.2 Å². The van der Waals surface area contributed by atoms with Gasteiger partial charge in [-0.1, -0.05) is 65.5 Å². The largest absolute Gasteiger partial charge is 0.396 e. The van der Waals surface area contributed by atoms with E-state index in [2.05, 4.69) is 26.6 Å². The number of hydrogen-bond donors (Lipinski definition) is 3. The summed E-state index contributed by atoms with van der Waals surface area (Å²) in [6, 6.07) is 9.00. The Labute approximate surface area is 220 Å². The maximum atomic E-state index is 13.9. The highest BCUT2D eigenvalue weighted by Gasteiger charge is 2.76. The molecule has 1 aromatic rings. The fourth-order valence-electron chi connectivity index (χ4n) is 6.79. The minimum atomic E-state index is -1.03. The van der Waals surface area contributed by atoms with Crippen LogP contribution in [0, 0.1) is 11.8 Å². The lowest BCUT2D eigenvalue weighted by atomic mass is 9.70. The van der Waals surface area contributed by atoms with E-state index in [4.69, 9.17) is 4.74 Å². The Bertz CT molecular complexity index is 971. The lowest BCUT2D eigenvalue weighted by molar-refractivity contribution is -0.142. The van der Waals surface area contributed by atoms with Crippen LogP contribution < -0.4 is 10.6 Å². The zero-order valence-corrected chi connectivity index (χ0v) is 22.1. The number of carbonyl (C=O) groups excluding carboxylic acids is 3. The molecule has 3 aliphatic heterocycles. The summed E-state index contributed by atoms with van der Waals surface area (Å²) in [5.74, 6) is -1.92. The molecule has 5 rings (SSSR count). The second-order valence-corrected chi connectivity index (χ2v) is 11.8. The molecule has 3 heterocycles. The van der Waals surface area contributed by atoms with Crippen LogP contribution in [0.3, 0.4) is 0 Å². The van der Waals surface area contributed by atoms with Crippen molar-refractivity contribution in [2.24, 2.45) is 11.8 Å². The molecular weight excluding hydrogens is 526 g/mol. The van der Waals surface area contributed by atoms with E-state index in [0.717, 1.165) is 31.2 Å². The molecule has 1 aromatic carbocycles. The van der Waals surface area contributed by atoms with E-state index in [1.165, 1.54) is 6.42 Å². The summed E-state index contributed by atoms with van der Waals surface area (Å²) in [7, 11) is 0. The van der Waals surface area contributed by atoms with Crippen LogP contribution in [0.5, 0.6) is 0 Å². The van der Waals surface area contributed by atoms with Crippen molar-refractivity contribution in [2.45, 2.75) is 86.5 Å². The number of amides is 3. The van der Waals surface area contributed by atoms with Gasteiger partial charge in [-0.25, -0.2) is 0 Å². The van der Waals surface area contributed by atoms with E-state index < -0.39 is 29.6 Å². The Kier molecular flexibility index (Phi) is 7.70. The molecular formula is C27H36BrN3O5. The lowest BCUT2D eigenvalue weighted by Gasteiger charge is -2.35. The zero-order chi connectivity index (χ0) is 25.3. The second-order valence-electron chi connectivity index (χ2n) is 10.7. The van der Waals surface area contributed by atoms with Gasteiger partial charge in [0.25, 0.3) is 0 Å². The van der Waals surface area contributed by atoms with E-state index in [-0.39, 0.29) is 35.2 Å². The third kappa shape index (κ3) is 4.58. The third-order valence-corrected chi connectivity index (χ3v) is 9.25. The molecule has 9 heteroatoms. The van der Waals surface area contributed by atoms with Gasteiger partial charge in [0.05, 0.1) is 17.9 Å².